The largest absolute Gasteiger partial charge is 0.489 e. The molecule has 2 aliphatic rings. The number of fused-ring (bicyclic) bond motifs is 4. The molecule has 1 aliphatic heterocycles. The SMILES string of the molecule is Fc1ccc2c(c1CNc1nccc3nncn13)[C@@H]1C[C@@H]1O2. The number of hydrogen-bond donors (Lipinski definition) is 1. The molecule has 0 radical (unpaired) electrons. The van der Waals surface area contributed by atoms with Crippen LogP contribution in [0, 0.1) is 5.82 Å². The quantitative estimate of drug-likeness (QED) is 0.802. The molecule has 5 rings (SSSR count). The van der Waals surface area contributed by atoms with Crippen molar-refractivity contribution >= 4 is 11.6 Å². The van der Waals surface area contributed by atoms with Crippen molar-refractivity contribution in [2.24, 2.45) is 0 Å². The molecule has 1 N–H and O–H groups in total. The average molecular weight is 297 g/mol. The third-order valence-corrected chi connectivity index (χ3v) is 4.29. The Morgan fingerprint density at radius 1 is 1.36 bits per heavy atom. The normalized spacial score (nSPS) is 21.3. The number of aromatic nitrogens is 4. The third kappa shape index (κ3) is 1.62. The summed E-state index contributed by atoms with van der Waals surface area (Å²) in [5.41, 5.74) is 2.37. The molecule has 3 heterocycles. The predicted octanol–water partition coefficient (Wildman–Crippen LogP) is 2.12. The van der Waals surface area contributed by atoms with Gasteiger partial charge in [0.2, 0.25) is 5.95 Å². The van der Waals surface area contributed by atoms with Gasteiger partial charge in [-0.1, -0.05) is 0 Å². The first-order chi connectivity index (χ1) is 10.8. The number of nitrogens with zero attached hydrogens (tertiary/aromatic N) is 4. The van der Waals surface area contributed by atoms with E-state index in [1.54, 1.807) is 29.1 Å². The fourth-order valence-corrected chi connectivity index (χ4v) is 3.13. The van der Waals surface area contributed by atoms with E-state index < -0.39 is 0 Å². The number of nitrogens with one attached hydrogen (secondary N) is 1. The first kappa shape index (κ1) is 11.9. The second-order valence-electron chi connectivity index (χ2n) is 5.62. The molecule has 0 bridgehead atoms. The molecular weight excluding hydrogens is 285 g/mol. The van der Waals surface area contributed by atoms with Crippen molar-refractivity contribution in [3.8, 4) is 5.75 Å². The van der Waals surface area contributed by atoms with Gasteiger partial charge in [0.05, 0.1) is 0 Å². The van der Waals surface area contributed by atoms with Gasteiger partial charge >= 0.3 is 0 Å². The monoisotopic (exact) mass is 297 g/mol. The Hall–Kier alpha value is -2.70. The maximum Gasteiger partial charge on any atom is 0.210 e. The number of ether oxygens (including phenoxy) is 1. The Balaban J connectivity index is 1.50. The van der Waals surface area contributed by atoms with Gasteiger partial charge in [-0.25, -0.2) is 9.37 Å². The molecule has 3 aromatic rings. The lowest BCUT2D eigenvalue weighted by Crippen LogP contribution is -2.09. The van der Waals surface area contributed by atoms with Gasteiger partial charge in [-0.05, 0) is 18.6 Å². The van der Waals surface area contributed by atoms with Crippen LogP contribution in [0.4, 0.5) is 10.3 Å². The number of rotatable bonds is 3. The van der Waals surface area contributed by atoms with Crippen molar-refractivity contribution in [2.45, 2.75) is 25.0 Å². The molecule has 1 aromatic carbocycles. The fraction of sp³-hybridized carbons (Fsp3) is 0.267. The van der Waals surface area contributed by atoms with E-state index in [9.17, 15) is 4.39 Å². The lowest BCUT2D eigenvalue weighted by molar-refractivity contribution is 0.318. The van der Waals surface area contributed by atoms with Gasteiger partial charge in [0.25, 0.3) is 0 Å². The molecule has 2 atom stereocenters. The Morgan fingerprint density at radius 2 is 2.32 bits per heavy atom. The minimum Gasteiger partial charge on any atom is -0.489 e. The zero-order valence-electron chi connectivity index (χ0n) is 11.5. The average Bonchev–Trinajstić information content (AvgIpc) is 2.96. The molecule has 1 aliphatic carbocycles. The third-order valence-electron chi connectivity index (χ3n) is 4.29. The Bertz CT molecular complexity index is 893. The first-order valence-electron chi connectivity index (χ1n) is 7.18. The van der Waals surface area contributed by atoms with Crippen molar-refractivity contribution in [3.63, 3.8) is 0 Å². The topological polar surface area (TPSA) is 64.3 Å². The summed E-state index contributed by atoms with van der Waals surface area (Å²) in [6.45, 7) is 0.353. The smallest absolute Gasteiger partial charge is 0.210 e. The highest BCUT2D eigenvalue weighted by atomic mass is 19.1. The Labute approximate surface area is 125 Å². The second kappa shape index (κ2) is 4.16. The highest BCUT2D eigenvalue weighted by Gasteiger charge is 2.49. The summed E-state index contributed by atoms with van der Waals surface area (Å²) < 4.78 is 21.7. The van der Waals surface area contributed by atoms with Gasteiger partial charge in [0.1, 0.15) is 24.0 Å². The summed E-state index contributed by atoms with van der Waals surface area (Å²) in [6.07, 6.45) is 4.46. The predicted molar refractivity (Wildman–Crippen MR) is 76.3 cm³/mol. The van der Waals surface area contributed by atoms with Gasteiger partial charge in [0, 0.05) is 35.9 Å². The van der Waals surface area contributed by atoms with Crippen molar-refractivity contribution in [3.05, 3.63) is 47.7 Å². The molecule has 110 valence electrons. The van der Waals surface area contributed by atoms with Crippen molar-refractivity contribution in [1.82, 2.24) is 19.6 Å². The lowest BCUT2D eigenvalue weighted by atomic mass is 10.0. The van der Waals surface area contributed by atoms with E-state index >= 15 is 0 Å². The van der Waals surface area contributed by atoms with Crippen molar-refractivity contribution in [2.75, 3.05) is 5.32 Å². The van der Waals surface area contributed by atoms with Crippen LogP contribution in [0.2, 0.25) is 0 Å². The molecule has 0 saturated heterocycles. The molecular formula is C15H12FN5O. The van der Waals surface area contributed by atoms with Crippen LogP contribution in [0.25, 0.3) is 5.65 Å². The summed E-state index contributed by atoms with van der Waals surface area (Å²) >= 11 is 0. The molecule has 0 unspecified atom stereocenters. The summed E-state index contributed by atoms with van der Waals surface area (Å²) in [4.78, 5) is 4.26. The summed E-state index contributed by atoms with van der Waals surface area (Å²) in [7, 11) is 0. The van der Waals surface area contributed by atoms with Crippen LogP contribution in [-0.4, -0.2) is 25.7 Å². The van der Waals surface area contributed by atoms with Gasteiger partial charge in [-0.2, -0.15) is 0 Å². The van der Waals surface area contributed by atoms with Gasteiger partial charge in [-0.15, -0.1) is 10.2 Å². The lowest BCUT2D eigenvalue weighted by Gasteiger charge is -2.12. The van der Waals surface area contributed by atoms with E-state index in [1.807, 2.05) is 0 Å². The highest BCUT2D eigenvalue weighted by molar-refractivity contribution is 5.52. The fourth-order valence-electron chi connectivity index (χ4n) is 3.13. The minimum absolute atomic E-state index is 0.210. The van der Waals surface area contributed by atoms with Crippen LogP contribution >= 0.6 is 0 Å². The number of halogens is 1. The molecule has 1 fully saturated rings. The van der Waals surface area contributed by atoms with Gasteiger partial charge < -0.3 is 10.1 Å². The van der Waals surface area contributed by atoms with Crippen LogP contribution in [0.3, 0.4) is 0 Å². The van der Waals surface area contributed by atoms with Crippen LogP contribution in [0.5, 0.6) is 5.75 Å². The molecule has 0 amide bonds. The van der Waals surface area contributed by atoms with Gasteiger partial charge in [-0.3, -0.25) is 4.40 Å². The molecule has 1 saturated carbocycles. The van der Waals surface area contributed by atoms with Crippen LogP contribution in [-0.2, 0) is 6.54 Å². The maximum absolute atomic E-state index is 14.2. The maximum atomic E-state index is 14.2. The number of anilines is 1. The standard InChI is InChI=1S/C15H12FN5O/c16-10-1-2-11-14(8-5-12(8)22-11)9(10)6-18-15-17-4-3-13-20-19-7-21(13)15/h1-4,7-8,12H,5-6H2,(H,17,18)/t8-,12+/m1/s1. The molecule has 22 heavy (non-hydrogen) atoms. The zero-order chi connectivity index (χ0) is 14.7. The van der Waals surface area contributed by atoms with E-state index in [2.05, 4.69) is 20.5 Å². The van der Waals surface area contributed by atoms with Crippen LogP contribution < -0.4 is 10.1 Å². The second-order valence-corrected chi connectivity index (χ2v) is 5.62. The molecule has 6 nitrogen and oxygen atoms in total. The zero-order valence-corrected chi connectivity index (χ0v) is 11.5. The van der Waals surface area contributed by atoms with Gasteiger partial charge in [0.15, 0.2) is 5.65 Å². The number of hydrogen-bond acceptors (Lipinski definition) is 5. The van der Waals surface area contributed by atoms with E-state index in [1.165, 1.54) is 6.07 Å². The highest BCUT2D eigenvalue weighted by Crippen LogP contribution is 2.55. The Morgan fingerprint density at radius 3 is 3.27 bits per heavy atom. The van der Waals surface area contributed by atoms with Crippen LogP contribution in [0.1, 0.15) is 23.5 Å². The van der Waals surface area contributed by atoms with Crippen molar-refractivity contribution < 1.29 is 9.13 Å². The summed E-state index contributed by atoms with van der Waals surface area (Å²) in [5.74, 6) is 1.54. The van der Waals surface area contributed by atoms with E-state index in [0.717, 1.165) is 17.7 Å². The number of benzene rings is 1. The summed E-state index contributed by atoms with van der Waals surface area (Å²) in [5, 5.41) is 11.0. The van der Waals surface area contributed by atoms with Crippen LogP contribution in [0.15, 0.2) is 30.7 Å². The van der Waals surface area contributed by atoms with E-state index in [-0.39, 0.29) is 11.9 Å². The minimum atomic E-state index is -0.210. The van der Waals surface area contributed by atoms with E-state index in [4.69, 9.17) is 4.74 Å². The first-order valence-corrected chi connectivity index (χ1v) is 7.18. The molecule has 0 spiro atoms. The summed E-state index contributed by atoms with van der Waals surface area (Å²) in [6, 6.07) is 4.95. The van der Waals surface area contributed by atoms with Crippen molar-refractivity contribution in [1.29, 1.82) is 0 Å². The van der Waals surface area contributed by atoms with E-state index in [0.29, 0.717) is 29.6 Å². The molecule has 7 heteroatoms. The molecule has 2 aromatic heterocycles. The Kier molecular flexibility index (Phi) is 2.25.